The highest BCUT2D eigenvalue weighted by Gasteiger charge is 2.58. The molecule has 3 heteroatoms. The lowest BCUT2D eigenvalue weighted by atomic mass is 9.59. The lowest BCUT2D eigenvalue weighted by Gasteiger charge is -2.48. The van der Waals surface area contributed by atoms with Crippen LogP contribution in [0.15, 0.2) is 0 Å². The maximum atomic E-state index is 12.9. The van der Waals surface area contributed by atoms with Crippen LogP contribution in [0, 0.1) is 23.2 Å². The van der Waals surface area contributed by atoms with Crippen LogP contribution in [0.3, 0.4) is 0 Å². The molecule has 3 nitrogen and oxygen atoms in total. The molecule has 4 rings (SSSR count). The van der Waals surface area contributed by atoms with Crippen molar-refractivity contribution in [2.24, 2.45) is 28.9 Å². The number of hydrogen-bond donors (Lipinski definition) is 1. The number of piperidine rings is 1. The van der Waals surface area contributed by atoms with Crippen LogP contribution in [0.1, 0.15) is 64.2 Å². The number of nitrogens with zero attached hydrogens (tertiary/aromatic N) is 1. The summed E-state index contributed by atoms with van der Waals surface area (Å²) in [4.78, 5) is 15.0. The predicted molar refractivity (Wildman–Crippen MR) is 83.6 cm³/mol. The third kappa shape index (κ3) is 2.15. The largest absolute Gasteiger partial charge is 0.342 e. The summed E-state index contributed by atoms with van der Waals surface area (Å²) in [5.74, 6) is 2.33. The van der Waals surface area contributed by atoms with Crippen LogP contribution in [0.2, 0.25) is 0 Å². The van der Waals surface area contributed by atoms with E-state index in [2.05, 4.69) is 4.90 Å². The molecule has 4 fully saturated rings. The van der Waals surface area contributed by atoms with Gasteiger partial charge in [-0.3, -0.25) is 4.79 Å². The molecule has 1 unspecified atom stereocenters. The minimum atomic E-state index is 0.280. The summed E-state index contributed by atoms with van der Waals surface area (Å²) >= 11 is 0. The molecule has 5 atom stereocenters. The quantitative estimate of drug-likeness (QED) is 0.807. The van der Waals surface area contributed by atoms with Gasteiger partial charge in [-0.1, -0.05) is 6.42 Å². The van der Waals surface area contributed by atoms with Gasteiger partial charge < -0.3 is 10.6 Å². The number of amides is 1. The highest BCUT2D eigenvalue weighted by atomic mass is 16.2. The maximum Gasteiger partial charge on any atom is 0.225 e. The molecule has 0 aromatic carbocycles. The summed E-state index contributed by atoms with van der Waals surface area (Å²) < 4.78 is 0. The molecule has 1 aliphatic heterocycles. The van der Waals surface area contributed by atoms with Gasteiger partial charge in [0.05, 0.1) is 0 Å². The zero-order chi connectivity index (χ0) is 14.4. The Labute approximate surface area is 128 Å². The fourth-order valence-corrected chi connectivity index (χ4v) is 6.20. The fraction of sp³-hybridized carbons (Fsp3) is 0.944. The number of hydrogen-bond acceptors (Lipinski definition) is 2. The summed E-state index contributed by atoms with van der Waals surface area (Å²) in [5.41, 5.74) is 6.98. The molecular weight excluding hydrogens is 260 g/mol. The van der Waals surface area contributed by atoms with E-state index in [-0.39, 0.29) is 5.92 Å². The van der Waals surface area contributed by atoms with Crippen molar-refractivity contribution in [1.82, 2.24) is 4.90 Å². The van der Waals surface area contributed by atoms with Crippen LogP contribution in [0.25, 0.3) is 0 Å². The van der Waals surface area contributed by atoms with Crippen LogP contribution < -0.4 is 5.73 Å². The second kappa shape index (κ2) is 5.26. The molecule has 1 spiro atoms. The van der Waals surface area contributed by atoms with Gasteiger partial charge in [0, 0.05) is 25.0 Å². The molecule has 0 radical (unpaired) electrons. The van der Waals surface area contributed by atoms with Gasteiger partial charge in [-0.15, -0.1) is 0 Å². The molecule has 1 amide bonds. The number of nitrogens with two attached hydrogens (primary N) is 1. The number of fused-ring (bicyclic) bond motifs is 3. The van der Waals surface area contributed by atoms with Gasteiger partial charge in [-0.05, 0) is 75.0 Å². The molecule has 3 saturated carbocycles. The van der Waals surface area contributed by atoms with E-state index < -0.39 is 0 Å². The monoisotopic (exact) mass is 290 g/mol. The van der Waals surface area contributed by atoms with Crippen molar-refractivity contribution in [3.05, 3.63) is 0 Å². The summed E-state index contributed by atoms with van der Waals surface area (Å²) in [6.45, 7) is 2.00. The smallest absolute Gasteiger partial charge is 0.225 e. The molecule has 1 heterocycles. The van der Waals surface area contributed by atoms with Crippen molar-refractivity contribution >= 4 is 5.91 Å². The second-order valence-corrected chi connectivity index (χ2v) is 8.21. The van der Waals surface area contributed by atoms with E-state index in [4.69, 9.17) is 5.73 Å². The van der Waals surface area contributed by atoms with Crippen molar-refractivity contribution in [2.75, 3.05) is 13.1 Å². The third-order valence-electron chi connectivity index (χ3n) is 7.30. The lowest BCUT2D eigenvalue weighted by molar-refractivity contribution is -0.140. The van der Waals surface area contributed by atoms with Gasteiger partial charge in [0.2, 0.25) is 5.91 Å². The Kier molecular flexibility index (Phi) is 3.52. The molecule has 2 bridgehead atoms. The molecule has 0 aromatic heterocycles. The first-order valence-electron chi connectivity index (χ1n) is 9.25. The summed E-state index contributed by atoms with van der Waals surface area (Å²) in [6.07, 6.45) is 12.5. The zero-order valence-corrected chi connectivity index (χ0v) is 13.2. The summed E-state index contributed by atoms with van der Waals surface area (Å²) in [5, 5.41) is 0. The van der Waals surface area contributed by atoms with E-state index >= 15 is 0 Å². The van der Waals surface area contributed by atoms with Gasteiger partial charge in [-0.2, -0.15) is 0 Å². The number of rotatable bonds is 1. The molecular formula is C18H30N2O. The van der Waals surface area contributed by atoms with E-state index in [1.165, 1.54) is 51.4 Å². The Hall–Kier alpha value is -0.570. The van der Waals surface area contributed by atoms with Crippen molar-refractivity contribution in [3.8, 4) is 0 Å². The van der Waals surface area contributed by atoms with Crippen molar-refractivity contribution < 1.29 is 4.79 Å². The van der Waals surface area contributed by atoms with E-state index in [0.29, 0.717) is 17.4 Å². The maximum absolute atomic E-state index is 12.9. The summed E-state index contributed by atoms with van der Waals surface area (Å²) in [6, 6.07) is 0.383. The Bertz CT molecular complexity index is 413. The zero-order valence-electron chi connectivity index (χ0n) is 13.2. The number of carbonyl (C=O) groups excluding carboxylic acids is 1. The Morgan fingerprint density at radius 2 is 1.86 bits per heavy atom. The first-order valence-corrected chi connectivity index (χ1v) is 9.25. The first kappa shape index (κ1) is 14.0. The Balaban J connectivity index is 1.49. The molecule has 21 heavy (non-hydrogen) atoms. The standard InChI is InChI=1S/C18H30N2O/c19-16-13-6-7-15(11-13)18(16)8-4-5-14(12-18)17(21)20-9-2-1-3-10-20/h13-16H,1-12,19H2/t13-,14+,15?,16+,18-/m1/s1. The first-order chi connectivity index (χ1) is 10.2. The highest BCUT2D eigenvalue weighted by molar-refractivity contribution is 5.79. The SMILES string of the molecule is N[C@H]1[C@@H]2CCC(C2)[C@]12CCC[C@H](C(=O)N1CCCCC1)C2. The Morgan fingerprint density at radius 3 is 2.57 bits per heavy atom. The average molecular weight is 290 g/mol. The normalized spacial score (nSPS) is 46.2. The third-order valence-corrected chi connectivity index (χ3v) is 7.30. The van der Waals surface area contributed by atoms with Gasteiger partial charge in [0.15, 0.2) is 0 Å². The number of carbonyl (C=O) groups is 1. The van der Waals surface area contributed by atoms with E-state index in [9.17, 15) is 4.79 Å². The van der Waals surface area contributed by atoms with Crippen molar-refractivity contribution in [3.63, 3.8) is 0 Å². The average Bonchev–Trinajstić information content (AvgIpc) is 3.11. The molecule has 1 saturated heterocycles. The molecule has 0 aromatic rings. The lowest BCUT2D eigenvalue weighted by Crippen LogP contribution is -2.51. The van der Waals surface area contributed by atoms with E-state index in [0.717, 1.165) is 37.8 Å². The van der Waals surface area contributed by atoms with Crippen LogP contribution in [-0.4, -0.2) is 29.9 Å². The van der Waals surface area contributed by atoms with Crippen LogP contribution in [0.4, 0.5) is 0 Å². The van der Waals surface area contributed by atoms with Gasteiger partial charge in [0.25, 0.3) is 0 Å². The molecule has 118 valence electrons. The van der Waals surface area contributed by atoms with Crippen molar-refractivity contribution in [2.45, 2.75) is 70.3 Å². The summed E-state index contributed by atoms with van der Waals surface area (Å²) in [7, 11) is 0. The number of likely N-dealkylation sites (tertiary alicyclic amines) is 1. The molecule has 3 aliphatic carbocycles. The minimum Gasteiger partial charge on any atom is -0.342 e. The van der Waals surface area contributed by atoms with Gasteiger partial charge in [0.1, 0.15) is 0 Å². The molecule has 4 aliphatic rings. The predicted octanol–water partition coefficient (Wildman–Crippen LogP) is 2.93. The van der Waals surface area contributed by atoms with Gasteiger partial charge >= 0.3 is 0 Å². The van der Waals surface area contributed by atoms with E-state index in [1.54, 1.807) is 0 Å². The molecule has 2 N–H and O–H groups in total. The van der Waals surface area contributed by atoms with Crippen LogP contribution >= 0.6 is 0 Å². The van der Waals surface area contributed by atoms with Crippen LogP contribution in [0.5, 0.6) is 0 Å². The van der Waals surface area contributed by atoms with E-state index in [1.807, 2.05) is 0 Å². The van der Waals surface area contributed by atoms with Crippen LogP contribution in [-0.2, 0) is 4.79 Å². The fourth-order valence-electron chi connectivity index (χ4n) is 6.20. The van der Waals surface area contributed by atoms with Gasteiger partial charge in [-0.25, -0.2) is 0 Å². The minimum absolute atomic E-state index is 0.280. The second-order valence-electron chi connectivity index (χ2n) is 8.21. The van der Waals surface area contributed by atoms with Crippen molar-refractivity contribution in [1.29, 1.82) is 0 Å². The topological polar surface area (TPSA) is 46.3 Å². The highest BCUT2D eigenvalue weighted by Crippen LogP contribution is 2.61. The Morgan fingerprint density at radius 1 is 1.05 bits per heavy atom.